The van der Waals surface area contributed by atoms with E-state index in [-0.39, 0.29) is 21.6 Å². The number of methoxy groups -OCH3 is 1. The van der Waals surface area contributed by atoms with Gasteiger partial charge in [0.1, 0.15) is 15.3 Å². The van der Waals surface area contributed by atoms with Crippen LogP contribution in [0.4, 0.5) is 4.39 Å². The minimum Gasteiger partial charge on any atom is -0.505 e. The summed E-state index contributed by atoms with van der Waals surface area (Å²) in [6.45, 7) is 0. The van der Waals surface area contributed by atoms with Crippen LogP contribution in [0.5, 0.6) is 5.75 Å². The highest BCUT2D eigenvalue weighted by molar-refractivity contribution is 14.1. The van der Waals surface area contributed by atoms with Gasteiger partial charge in [0.25, 0.3) is 0 Å². The number of esters is 1. The molecule has 0 aliphatic rings. The zero-order valence-electron chi connectivity index (χ0n) is 7.25. The lowest BCUT2D eigenvalue weighted by Gasteiger charge is -2.03. The van der Waals surface area contributed by atoms with E-state index in [1.807, 2.05) is 0 Å². The summed E-state index contributed by atoms with van der Waals surface area (Å²) < 4.78 is 17.7. The van der Waals surface area contributed by atoms with Crippen LogP contribution in [-0.4, -0.2) is 23.2 Å². The maximum atomic E-state index is 13.1. The molecule has 0 spiro atoms. The van der Waals surface area contributed by atoms with Crippen molar-refractivity contribution in [2.75, 3.05) is 7.11 Å². The predicted octanol–water partition coefficient (Wildman–Crippen LogP) is 1.25. The van der Waals surface area contributed by atoms with Gasteiger partial charge in [-0.05, 0) is 22.6 Å². The molecule has 0 aliphatic carbocycles. The first kappa shape index (κ1) is 11.2. The molecule has 0 aliphatic heterocycles. The summed E-state index contributed by atoms with van der Waals surface area (Å²) in [5.41, 5.74) is -0.0287. The van der Waals surface area contributed by atoms with E-state index in [1.54, 1.807) is 22.6 Å². The average Bonchev–Trinajstić information content (AvgIpc) is 2.14. The van der Waals surface area contributed by atoms with Gasteiger partial charge < -0.3 is 9.84 Å². The molecule has 4 nitrogen and oxygen atoms in total. The van der Waals surface area contributed by atoms with E-state index in [0.29, 0.717) is 0 Å². The number of pyridine rings is 1. The van der Waals surface area contributed by atoms with Crippen molar-refractivity contribution in [1.82, 2.24) is 4.98 Å². The Bertz CT molecular complexity index is 370. The molecular weight excluding hydrogens is 304 g/mol. The van der Waals surface area contributed by atoms with Gasteiger partial charge in [0.15, 0.2) is 0 Å². The first-order chi connectivity index (χ1) is 6.54. The Hall–Kier alpha value is -0.920. The fraction of sp³-hybridized carbons (Fsp3) is 0.250. The largest absolute Gasteiger partial charge is 0.505 e. The third-order valence-electron chi connectivity index (χ3n) is 1.52. The molecule has 0 bridgehead atoms. The fourth-order valence-electron chi connectivity index (χ4n) is 0.825. The van der Waals surface area contributed by atoms with Gasteiger partial charge >= 0.3 is 5.97 Å². The highest BCUT2D eigenvalue weighted by atomic mass is 127. The Balaban J connectivity index is 2.98. The summed E-state index contributed by atoms with van der Waals surface area (Å²) in [4.78, 5) is 14.6. The normalized spacial score (nSPS) is 9.93. The van der Waals surface area contributed by atoms with E-state index in [9.17, 15) is 9.18 Å². The van der Waals surface area contributed by atoms with E-state index in [1.165, 1.54) is 7.11 Å². The van der Waals surface area contributed by atoms with Crippen LogP contribution >= 0.6 is 22.6 Å². The van der Waals surface area contributed by atoms with E-state index < -0.39 is 11.8 Å². The maximum Gasteiger partial charge on any atom is 0.311 e. The van der Waals surface area contributed by atoms with Crippen molar-refractivity contribution < 1.29 is 19.0 Å². The van der Waals surface area contributed by atoms with E-state index in [0.717, 1.165) is 6.07 Å². The molecular formula is C8H7FINO3. The lowest BCUT2D eigenvalue weighted by atomic mass is 10.2. The third kappa shape index (κ3) is 2.53. The smallest absolute Gasteiger partial charge is 0.311 e. The number of aromatic hydroxyl groups is 1. The van der Waals surface area contributed by atoms with Crippen LogP contribution in [0.3, 0.4) is 0 Å². The highest BCUT2D eigenvalue weighted by Gasteiger charge is 2.13. The van der Waals surface area contributed by atoms with Crippen LogP contribution in [0.25, 0.3) is 0 Å². The summed E-state index contributed by atoms with van der Waals surface area (Å²) in [6.07, 6.45) is -0.237. The number of hydrogen-bond acceptors (Lipinski definition) is 4. The molecule has 1 rings (SSSR count). The minimum atomic E-state index is -0.715. The summed E-state index contributed by atoms with van der Waals surface area (Å²) in [5, 5.41) is 9.09. The molecule has 6 heteroatoms. The van der Waals surface area contributed by atoms with Crippen molar-refractivity contribution in [2.45, 2.75) is 6.42 Å². The Kier molecular flexibility index (Phi) is 3.62. The molecule has 0 saturated carbocycles. The number of carbonyl (C=O) groups is 1. The first-order valence-corrected chi connectivity index (χ1v) is 4.73. The van der Waals surface area contributed by atoms with Crippen LogP contribution in [0.15, 0.2) is 6.07 Å². The molecule has 0 radical (unpaired) electrons. The Morgan fingerprint density at radius 1 is 1.79 bits per heavy atom. The van der Waals surface area contributed by atoms with Crippen LogP contribution in [0.1, 0.15) is 5.69 Å². The van der Waals surface area contributed by atoms with Gasteiger partial charge in [-0.15, -0.1) is 0 Å². The molecule has 0 saturated heterocycles. The monoisotopic (exact) mass is 311 g/mol. The molecule has 1 N–H and O–H groups in total. The van der Waals surface area contributed by atoms with Gasteiger partial charge in [-0.1, -0.05) is 0 Å². The molecule has 0 aromatic carbocycles. The number of aromatic nitrogens is 1. The van der Waals surface area contributed by atoms with E-state index in [4.69, 9.17) is 5.11 Å². The van der Waals surface area contributed by atoms with Crippen molar-refractivity contribution in [1.29, 1.82) is 0 Å². The first-order valence-electron chi connectivity index (χ1n) is 3.65. The standard InChI is InChI=1S/C8H7FINO3/c1-14-7(13)3-5-4(9)2-6(12)8(10)11-5/h2,12H,3H2,1H3. The van der Waals surface area contributed by atoms with Crippen LogP contribution < -0.4 is 0 Å². The average molecular weight is 311 g/mol. The van der Waals surface area contributed by atoms with Crippen molar-refractivity contribution in [3.05, 3.63) is 21.3 Å². The number of hydrogen-bond donors (Lipinski definition) is 1. The second kappa shape index (κ2) is 4.54. The zero-order chi connectivity index (χ0) is 10.7. The van der Waals surface area contributed by atoms with Gasteiger partial charge in [0.2, 0.25) is 0 Å². The van der Waals surface area contributed by atoms with Gasteiger partial charge in [0.05, 0.1) is 19.2 Å². The maximum absolute atomic E-state index is 13.1. The molecule has 76 valence electrons. The van der Waals surface area contributed by atoms with E-state index in [2.05, 4.69) is 9.72 Å². The summed E-state index contributed by atoms with van der Waals surface area (Å²) >= 11 is 1.75. The van der Waals surface area contributed by atoms with Crippen LogP contribution in [-0.2, 0) is 16.0 Å². The number of halogens is 2. The summed E-state index contributed by atoms with van der Waals surface area (Å²) in [7, 11) is 1.21. The van der Waals surface area contributed by atoms with Gasteiger partial charge in [0, 0.05) is 6.07 Å². The van der Waals surface area contributed by atoms with Crippen LogP contribution in [0.2, 0.25) is 0 Å². The summed E-state index contributed by atoms with van der Waals surface area (Å²) in [6, 6.07) is 0.924. The van der Waals surface area contributed by atoms with Crippen molar-refractivity contribution in [3.8, 4) is 5.75 Å². The molecule has 0 amide bonds. The molecule has 0 fully saturated rings. The Morgan fingerprint density at radius 2 is 2.43 bits per heavy atom. The van der Waals surface area contributed by atoms with Crippen molar-refractivity contribution >= 4 is 28.6 Å². The Morgan fingerprint density at radius 3 is 3.00 bits per heavy atom. The summed E-state index contributed by atoms with van der Waals surface area (Å²) in [5.74, 6) is -1.53. The predicted molar refractivity (Wildman–Crippen MR) is 54.3 cm³/mol. The zero-order valence-corrected chi connectivity index (χ0v) is 9.41. The fourth-order valence-corrected chi connectivity index (χ4v) is 1.27. The van der Waals surface area contributed by atoms with Gasteiger partial charge in [-0.2, -0.15) is 0 Å². The van der Waals surface area contributed by atoms with Crippen molar-refractivity contribution in [2.24, 2.45) is 0 Å². The SMILES string of the molecule is COC(=O)Cc1nc(I)c(O)cc1F. The Labute approximate surface area is 93.2 Å². The molecule has 0 atom stereocenters. The second-order valence-corrected chi connectivity index (χ2v) is 3.50. The van der Waals surface area contributed by atoms with E-state index >= 15 is 0 Å². The van der Waals surface area contributed by atoms with Gasteiger partial charge in [-0.3, -0.25) is 4.79 Å². The minimum absolute atomic E-state index is 0.0287. The molecule has 1 aromatic heterocycles. The highest BCUT2D eigenvalue weighted by Crippen LogP contribution is 2.20. The lowest BCUT2D eigenvalue weighted by molar-refractivity contribution is -0.139. The lowest BCUT2D eigenvalue weighted by Crippen LogP contribution is -2.08. The van der Waals surface area contributed by atoms with Crippen molar-refractivity contribution in [3.63, 3.8) is 0 Å². The number of carbonyl (C=O) groups excluding carboxylic acids is 1. The number of ether oxygens (including phenoxy) is 1. The number of rotatable bonds is 2. The van der Waals surface area contributed by atoms with Crippen LogP contribution in [0, 0.1) is 9.52 Å². The molecule has 14 heavy (non-hydrogen) atoms. The topological polar surface area (TPSA) is 59.4 Å². The number of nitrogens with zero attached hydrogens (tertiary/aromatic N) is 1. The third-order valence-corrected chi connectivity index (χ3v) is 2.32. The molecule has 1 heterocycles. The molecule has 1 aromatic rings. The quantitative estimate of drug-likeness (QED) is 0.507. The molecule has 0 unspecified atom stereocenters. The van der Waals surface area contributed by atoms with Gasteiger partial charge in [-0.25, -0.2) is 9.37 Å². The second-order valence-electron chi connectivity index (χ2n) is 2.48.